The molecule has 0 fully saturated rings. The summed E-state index contributed by atoms with van der Waals surface area (Å²) >= 11 is 3.00. The maximum atomic E-state index is 11.8. The van der Waals surface area contributed by atoms with E-state index in [1.165, 1.54) is 12.3 Å². The van der Waals surface area contributed by atoms with Crippen LogP contribution >= 0.6 is 15.9 Å². The fraction of sp³-hybridized carbons (Fsp3) is 0.167. The third-order valence-electron chi connectivity index (χ3n) is 1.09. The van der Waals surface area contributed by atoms with Crippen LogP contribution in [0.2, 0.25) is 0 Å². The highest BCUT2D eigenvalue weighted by Gasteiger charge is 2.11. The van der Waals surface area contributed by atoms with Gasteiger partial charge in [-0.1, -0.05) is 0 Å². The average molecular weight is 239 g/mol. The van der Waals surface area contributed by atoms with E-state index in [2.05, 4.69) is 25.7 Å². The normalized spacial score (nSPS) is 10.3. The molecular weight excluding hydrogens is 234 g/mol. The molecule has 0 saturated carbocycles. The second-order valence-corrected chi connectivity index (χ2v) is 2.74. The molecule has 0 bridgehead atoms. The molecule has 0 saturated heterocycles. The van der Waals surface area contributed by atoms with Gasteiger partial charge in [0.2, 0.25) is 0 Å². The Morgan fingerprint density at radius 1 is 1.58 bits per heavy atom. The van der Waals surface area contributed by atoms with Crippen molar-refractivity contribution >= 4 is 21.7 Å². The van der Waals surface area contributed by atoms with Crippen LogP contribution in [0.1, 0.15) is 0 Å². The van der Waals surface area contributed by atoms with E-state index in [1.54, 1.807) is 0 Å². The van der Waals surface area contributed by atoms with Gasteiger partial charge in [0.1, 0.15) is 0 Å². The fourth-order valence-corrected chi connectivity index (χ4v) is 1.06. The van der Waals surface area contributed by atoms with Gasteiger partial charge < -0.3 is 10.5 Å². The summed E-state index contributed by atoms with van der Waals surface area (Å²) in [7, 11) is 0. The SMILES string of the molecule is Nc1nccc(Br)c1OC(F)F. The third-order valence-corrected chi connectivity index (χ3v) is 1.72. The molecule has 0 spiro atoms. The summed E-state index contributed by atoms with van der Waals surface area (Å²) in [6.07, 6.45) is 1.39. The second kappa shape index (κ2) is 3.66. The van der Waals surface area contributed by atoms with E-state index in [9.17, 15) is 8.78 Å². The Kier molecular flexibility index (Phi) is 2.80. The van der Waals surface area contributed by atoms with Gasteiger partial charge in [0.25, 0.3) is 0 Å². The Morgan fingerprint density at radius 2 is 2.25 bits per heavy atom. The molecule has 0 amide bonds. The van der Waals surface area contributed by atoms with Crippen molar-refractivity contribution < 1.29 is 13.5 Å². The van der Waals surface area contributed by atoms with Gasteiger partial charge in [0, 0.05) is 6.20 Å². The van der Waals surface area contributed by atoms with Crippen molar-refractivity contribution in [2.24, 2.45) is 0 Å². The molecule has 0 aliphatic carbocycles. The number of aromatic nitrogens is 1. The molecule has 6 heteroatoms. The van der Waals surface area contributed by atoms with Gasteiger partial charge in [-0.15, -0.1) is 0 Å². The van der Waals surface area contributed by atoms with E-state index >= 15 is 0 Å². The predicted molar refractivity (Wildman–Crippen MR) is 43.0 cm³/mol. The molecule has 2 N–H and O–H groups in total. The molecule has 0 aromatic carbocycles. The summed E-state index contributed by atoms with van der Waals surface area (Å²) in [4.78, 5) is 3.58. The number of nitrogens with zero attached hydrogens (tertiary/aromatic N) is 1. The van der Waals surface area contributed by atoms with Crippen molar-refractivity contribution in [1.82, 2.24) is 4.98 Å². The van der Waals surface area contributed by atoms with Crippen molar-refractivity contribution in [3.63, 3.8) is 0 Å². The number of hydrogen-bond acceptors (Lipinski definition) is 3. The molecular formula is C6H5BrF2N2O. The van der Waals surface area contributed by atoms with Crippen LogP contribution in [0.4, 0.5) is 14.6 Å². The number of halogens is 3. The van der Waals surface area contributed by atoms with Crippen molar-refractivity contribution in [3.8, 4) is 5.75 Å². The number of rotatable bonds is 2. The molecule has 1 heterocycles. The molecule has 1 rings (SSSR count). The van der Waals surface area contributed by atoms with Crippen LogP contribution in [0.5, 0.6) is 5.75 Å². The number of nitrogens with two attached hydrogens (primary N) is 1. The zero-order valence-corrected chi connectivity index (χ0v) is 7.38. The molecule has 66 valence electrons. The van der Waals surface area contributed by atoms with Gasteiger partial charge in [0.15, 0.2) is 11.6 Å². The zero-order valence-electron chi connectivity index (χ0n) is 5.80. The smallest absolute Gasteiger partial charge is 0.387 e. The minimum absolute atomic E-state index is 0.0651. The first-order chi connectivity index (χ1) is 5.61. The number of alkyl halides is 2. The second-order valence-electron chi connectivity index (χ2n) is 1.89. The van der Waals surface area contributed by atoms with Crippen molar-refractivity contribution in [1.29, 1.82) is 0 Å². The van der Waals surface area contributed by atoms with Crippen molar-refractivity contribution in [3.05, 3.63) is 16.7 Å². The lowest BCUT2D eigenvalue weighted by molar-refractivity contribution is -0.0500. The Bertz CT molecular complexity index is 262. The van der Waals surface area contributed by atoms with E-state index in [-0.39, 0.29) is 11.6 Å². The first-order valence-electron chi connectivity index (χ1n) is 2.96. The first kappa shape index (κ1) is 9.18. The van der Waals surface area contributed by atoms with Gasteiger partial charge in [-0.3, -0.25) is 0 Å². The monoisotopic (exact) mass is 238 g/mol. The fourth-order valence-electron chi connectivity index (χ4n) is 0.645. The van der Waals surface area contributed by atoms with Crippen LogP contribution in [-0.2, 0) is 0 Å². The Labute approximate surface area is 75.7 Å². The highest BCUT2D eigenvalue weighted by Crippen LogP contribution is 2.30. The number of nitrogen functional groups attached to an aromatic ring is 1. The maximum Gasteiger partial charge on any atom is 0.387 e. The molecule has 3 nitrogen and oxygen atoms in total. The standard InChI is InChI=1S/C6H5BrF2N2O/c7-3-1-2-11-5(10)4(3)12-6(8)9/h1-2,6H,(H2,10,11). The third kappa shape index (κ3) is 2.04. The summed E-state index contributed by atoms with van der Waals surface area (Å²) in [6.45, 7) is -2.90. The van der Waals surface area contributed by atoms with E-state index < -0.39 is 6.61 Å². The minimum Gasteiger partial charge on any atom is -0.430 e. The van der Waals surface area contributed by atoms with Crippen LogP contribution in [0.3, 0.4) is 0 Å². The largest absolute Gasteiger partial charge is 0.430 e. The minimum atomic E-state index is -2.90. The quantitative estimate of drug-likeness (QED) is 0.858. The van der Waals surface area contributed by atoms with Crippen LogP contribution in [0.15, 0.2) is 16.7 Å². The Morgan fingerprint density at radius 3 is 2.75 bits per heavy atom. The van der Waals surface area contributed by atoms with Crippen LogP contribution < -0.4 is 10.5 Å². The van der Waals surface area contributed by atoms with E-state index in [0.29, 0.717) is 4.47 Å². The van der Waals surface area contributed by atoms with Crippen LogP contribution in [-0.4, -0.2) is 11.6 Å². The Balaban J connectivity index is 2.96. The molecule has 12 heavy (non-hydrogen) atoms. The molecule has 0 atom stereocenters. The van der Waals surface area contributed by atoms with E-state index in [4.69, 9.17) is 5.73 Å². The molecule has 0 radical (unpaired) electrons. The molecule has 1 aromatic rings. The number of anilines is 1. The van der Waals surface area contributed by atoms with Gasteiger partial charge in [-0.25, -0.2) is 4.98 Å². The zero-order chi connectivity index (χ0) is 9.14. The lowest BCUT2D eigenvalue weighted by Gasteiger charge is -2.07. The van der Waals surface area contributed by atoms with Gasteiger partial charge >= 0.3 is 6.61 Å². The molecule has 0 aliphatic rings. The average Bonchev–Trinajstić information content (AvgIpc) is 1.97. The molecule has 1 aromatic heterocycles. The van der Waals surface area contributed by atoms with Crippen LogP contribution in [0, 0.1) is 0 Å². The predicted octanol–water partition coefficient (Wildman–Crippen LogP) is 2.03. The van der Waals surface area contributed by atoms with Crippen LogP contribution in [0.25, 0.3) is 0 Å². The van der Waals surface area contributed by atoms with Gasteiger partial charge in [0.05, 0.1) is 4.47 Å². The number of ether oxygens (including phenoxy) is 1. The van der Waals surface area contributed by atoms with Gasteiger partial charge in [-0.05, 0) is 22.0 Å². The summed E-state index contributed by atoms with van der Waals surface area (Å²) in [5, 5.41) is 0. The van der Waals surface area contributed by atoms with E-state index in [1.807, 2.05) is 0 Å². The summed E-state index contributed by atoms with van der Waals surface area (Å²) in [6, 6.07) is 1.47. The highest BCUT2D eigenvalue weighted by molar-refractivity contribution is 9.10. The Hall–Kier alpha value is -0.910. The topological polar surface area (TPSA) is 48.1 Å². The van der Waals surface area contributed by atoms with Gasteiger partial charge in [-0.2, -0.15) is 8.78 Å². The maximum absolute atomic E-state index is 11.8. The van der Waals surface area contributed by atoms with Crippen molar-refractivity contribution in [2.45, 2.75) is 6.61 Å². The number of pyridine rings is 1. The molecule has 0 aliphatic heterocycles. The summed E-state index contributed by atoms with van der Waals surface area (Å²) < 4.78 is 28.0. The lowest BCUT2D eigenvalue weighted by atomic mass is 10.4. The summed E-state index contributed by atoms with van der Waals surface area (Å²) in [5.41, 5.74) is 5.27. The van der Waals surface area contributed by atoms with E-state index in [0.717, 1.165) is 0 Å². The van der Waals surface area contributed by atoms with Crippen molar-refractivity contribution in [2.75, 3.05) is 5.73 Å². The number of hydrogen-bond donors (Lipinski definition) is 1. The lowest BCUT2D eigenvalue weighted by Crippen LogP contribution is -2.05. The molecule has 0 unspecified atom stereocenters. The first-order valence-corrected chi connectivity index (χ1v) is 3.75. The summed E-state index contributed by atoms with van der Waals surface area (Å²) in [5.74, 6) is -0.197. The highest BCUT2D eigenvalue weighted by atomic mass is 79.9.